The number of benzene rings is 1. The van der Waals surface area contributed by atoms with E-state index in [4.69, 9.17) is 32.7 Å². The maximum atomic E-state index is 11.4. The van der Waals surface area contributed by atoms with E-state index in [0.717, 1.165) is 0 Å². The van der Waals surface area contributed by atoms with Crippen LogP contribution in [-0.4, -0.2) is 12.6 Å². The molecule has 2 rings (SSSR count). The Kier molecular flexibility index (Phi) is 2.87. The number of hydrogen-bond donors (Lipinski definition) is 0. The molecule has 3 nitrogen and oxygen atoms in total. The summed E-state index contributed by atoms with van der Waals surface area (Å²) in [6.45, 7) is 2.28. The predicted molar refractivity (Wildman–Crippen MR) is 56.2 cm³/mol. The van der Waals surface area contributed by atoms with Crippen LogP contribution in [-0.2, 0) is 9.47 Å². The average molecular weight is 247 g/mol. The predicted octanol–water partition coefficient (Wildman–Crippen LogP) is 3.20. The van der Waals surface area contributed by atoms with Gasteiger partial charge < -0.3 is 9.47 Å². The van der Waals surface area contributed by atoms with Crippen molar-refractivity contribution < 1.29 is 14.3 Å². The van der Waals surface area contributed by atoms with Crippen LogP contribution in [0.1, 0.15) is 29.1 Å². The molecule has 0 N–H and O–H groups in total. The summed E-state index contributed by atoms with van der Waals surface area (Å²) in [5.41, 5.74) is 1.05. The van der Waals surface area contributed by atoms with Gasteiger partial charge in [0, 0.05) is 12.2 Å². The van der Waals surface area contributed by atoms with E-state index in [9.17, 15) is 4.79 Å². The Bertz CT molecular complexity index is 417. The molecular weight excluding hydrogens is 239 g/mol. The lowest BCUT2D eigenvalue weighted by Crippen LogP contribution is -2.03. The van der Waals surface area contributed by atoms with Gasteiger partial charge in [-0.1, -0.05) is 23.2 Å². The van der Waals surface area contributed by atoms with Crippen LogP contribution in [0, 0.1) is 0 Å². The van der Waals surface area contributed by atoms with Gasteiger partial charge in [0.05, 0.1) is 15.6 Å². The van der Waals surface area contributed by atoms with Crippen LogP contribution in [0.25, 0.3) is 0 Å². The molecule has 0 saturated heterocycles. The van der Waals surface area contributed by atoms with Crippen LogP contribution in [0.15, 0.2) is 12.1 Å². The Morgan fingerprint density at radius 1 is 1.40 bits per heavy atom. The highest BCUT2D eigenvalue weighted by molar-refractivity contribution is 6.42. The van der Waals surface area contributed by atoms with Gasteiger partial charge in [-0.2, -0.15) is 0 Å². The van der Waals surface area contributed by atoms with E-state index in [1.807, 2.05) is 6.92 Å². The van der Waals surface area contributed by atoms with Crippen LogP contribution in [0.4, 0.5) is 0 Å². The van der Waals surface area contributed by atoms with E-state index in [1.54, 1.807) is 6.07 Å². The second kappa shape index (κ2) is 4.00. The van der Waals surface area contributed by atoms with Gasteiger partial charge in [-0.3, -0.25) is 0 Å². The quantitative estimate of drug-likeness (QED) is 0.753. The third-order valence-corrected chi connectivity index (χ3v) is 2.82. The fourth-order valence-electron chi connectivity index (χ4n) is 1.43. The number of fused-ring (bicyclic) bond motifs is 1. The van der Waals surface area contributed by atoms with Crippen molar-refractivity contribution in [2.45, 2.75) is 13.2 Å². The van der Waals surface area contributed by atoms with Gasteiger partial charge in [-0.25, -0.2) is 4.79 Å². The normalized spacial score (nSPS) is 18.9. The summed E-state index contributed by atoms with van der Waals surface area (Å²) in [4.78, 5) is 11.4. The number of carbonyl (C=O) groups is 1. The first-order chi connectivity index (χ1) is 7.13. The van der Waals surface area contributed by atoms with E-state index >= 15 is 0 Å². The molecule has 0 radical (unpaired) electrons. The number of rotatable bonds is 2. The lowest BCUT2D eigenvalue weighted by molar-refractivity contribution is -0.0993. The Morgan fingerprint density at radius 2 is 2.07 bits per heavy atom. The van der Waals surface area contributed by atoms with Gasteiger partial charge in [0.25, 0.3) is 0 Å². The molecule has 0 fully saturated rings. The number of carbonyl (C=O) groups excluding carboxylic acids is 1. The first-order valence-corrected chi connectivity index (χ1v) is 5.20. The molecule has 1 aromatic carbocycles. The largest absolute Gasteiger partial charge is 0.428 e. The van der Waals surface area contributed by atoms with E-state index in [0.29, 0.717) is 27.8 Å². The molecule has 1 heterocycles. The molecule has 0 aromatic heterocycles. The highest BCUT2D eigenvalue weighted by Crippen LogP contribution is 2.36. The van der Waals surface area contributed by atoms with Crippen LogP contribution in [0.2, 0.25) is 10.0 Å². The lowest BCUT2D eigenvalue weighted by atomic mass is 10.1. The van der Waals surface area contributed by atoms with E-state index in [1.165, 1.54) is 6.07 Å². The van der Waals surface area contributed by atoms with Crippen molar-refractivity contribution in [3.63, 3.8) is 0 Å². The molecular formula is C10H8Cl2O3. The number of esters is 1. The minimum absolute atomic E-state index is 0.338. The second-order valence-electron chi connectivity index (χ2n) is 3.05. The molecule has 0 saturated carbocycles. The first-order valence-electron chi connectivity index (χ1n) is 4.45. The van der Waals surface area contributed by atoms with Crippen molar-refractivity contribution in [1.82, 2.24) is 0 Å². The maximum absolute atomic E-state index is 11.4. The summed E-state index contributed by atoms with van der Waals surface area (Å²) in [5.74, 6) is -0.429. The molecule has 1 unspecified atom stereocenters. The first kappa shape index (κ1) is 10.7. The third kappa shape index (κ3) is 1.83. The van der Waals surface area contributed by atoms with Gasteiger partial charge in [0.2, 0.25) is 6.29 Å². The number of hydrogen-bond acceptors (Lipinski definition) is 3. The van der Waals surface area contributed by atoms with Crippen LogP contribution >= 0.6 is 23.2 Å². The zero-order valence-corrected chi connectivity index (χ0v) is 9.43. The number of cyclic esters (lactones) is 1. The SMILES string of the molecule is CCOC1OC(=O)c2cc(Cl)c(Cl)cc21. The minimum Gasteiger partial charge on any atom is -0.428 e. The summed E-state index contributed by atoms with van der Waals surface area (Å²) in [7, 11) is 0. The Hall–Kier alpha value is -0.770. The van der Waals surface area contributed by atoms with Crippen LogP contribution in [0.5, 0.6) is 0 Å². The molecule has 0 spiro atoms. The number of halogens is 2. The Balaban J connectivity index is 2.46. The summed E-state index contributed by atoms with van der Waals surface area (Å²) in [6.07, 6.45) is -0.660. The molecule has 1 aromatic rings. The molecule has 80 valence electrons. The van der Waals surface area contributed by atoms with Gasteiger partial charge >= 0.3 is 5.97 Å². The Morgan fingerprint density at radius 3 is 2.73 bits per heavy atom. The van der Waals surface area contributed by atoms with Gasteiger partial charge in [0.1, 0.15) is 0 Å². The van der Waals surface area contributed by atoms with Crippen molar-refractivity contribution >= 4 is 29.2 Å². The summed E-state index contributed by atoms with van der Waals surface area (Å²) in [6, 6.07) is 3.10. The molecule has 0 amide bonds. The summed E-state index contributed by atoms with van der Waals surface area (Å²) >= 11 is 11.7. The van der Waals surface area contributed by atoms with Crippen molar-refractivity contribution in [2.24, 2.45) is 0 Å². The third-order valence-electron chi connectivity index (χ3n) is 2.10. The topological polar surface area (TPSA) is 35.5 Å². The monoisotopic (exact) mass is 246 g/mol. The smallest absolute Gasteiger partial charge is 0.341 e. The lowest BCUT2D eigenvalue weighted by Gasteiger charge is -2.09. The molecule has 1 atom stereocenters. The zero-order chi connectivity index (χ0) is 11.0. The van der Waals surface area contributed by atoms with Gasteiger partial charge in [-0.15, -0.1) is 0 Å². The van der Waals surface area contributed by atoms with Crippen molar-refractivity contribution in [2.75, 3.05) is 6.61 Å². The highest BCUT2D eigenvalue weighted by Gasteiger charge is 2.32. The fourth-order valence-corrected chi connectivity index (χ4v) is 1.77. The minimum atomic E-state index is -0.660. The molecule has 1 aliphatic heterocycles. The van der Waals surface area contributed by atoms with E-state index < -0.39 is 12.3 Å². The fraction of sp³-hybridized carbons (Fsp3) is 0.300. The van der Waals surface area contributed by atoms with Gasteiger partial charge in [0.15, 0.2) is 0 Å². The second-order valence-corrected chi connectivity index (χ2v) is 3.86. The average Bonchev–Trinajstić information content (AvgIpc) is 2.46. The molecule has 15 heavy (non-hydrogen) atoms. The van der Waals surface area contributed by atoms with E-state index in [-0.39, 0.29) is 0 Å². The van der Waals surface area contributed by atoms with Crippen molar-refractivity contribution in [3.8, 4) is 0 Å². The highest BCUT2D eigenvalue weighted by atomic mass is 35.5. The molecule has 0 aliphatic carbocycles. The van der Waals surface area contributed by atoms with Crippen LogP contribution < -0.4 is 0 Å². The maximum Gasteiger partial charge on any atom is 0.341 e. The van der Waals surface area contributed by atoms with Crippen molar-refractivity contribution in [1.29, 1.82) is 0 Å². The number of ether oxygens (including phenoxy) is 2. The van der Waals surface area contributed by atoms with Crippen LogP contribution in [0.3, 0.4) is 0 Å². The molecule has 1 aliphatic rings. The molecule has 5 heteroatoms. The standard InChI is InChI=1S/C10H8Cl2O3/c1-2-14-10-6-4-8(12)7(11)3-5(6)9(13)15-10/h3-4,10H,2H2,1H3. The summed E-state index contributed by atoms with van der Waals surface area (Å²) < 4.78 is 10.3. The zero-order valence-electron chi connectivity index (χ0n) is 7.92. The van der Waals surface area contributed by atoms with Crippen molar-refractivity contribution in [3.05, 3.63) is 33.3 Å². The molecule has 0 bridgehead atoms. The van der Waals surface area contributed by atoms with Gasteiger partial charge in [-0.05, 0) is 19.1 Å². The summed E-state index contributed by atoms with van der Waals surface area (Å²) in [5, 5.41) is 0.725. The Labute approximate surface area is 96.9 Å². The van der Waals surface area contributed by atoms with E-state index in [2.05, 4.69) is 0 Å².